The van der Waals surface area contributed by atoms with Gasteiger partial charge in [0.05, 0.1) is 6.10 Å². The van der Waals surface area contributed by atoms with Gasteiger partial charge in [-0.3, -0.25) is 9.88 Å². The minimum Gasteiger partial charge on any atom is -0.377 e. The van der Waals surface area contributed by atoms with Crippen LogP contribution in [0.2, 0.25) is 4.34 Å². The van der Waals surface area contributed by atoms with Gasteiger partial charge in [0.2, 0.25) is 0 Å². The van der Waals surface area contributed by atoms with Crippen LogP contribution in [-0.2, 0) is 17.8 Å². The molecule has 0 radical (unpaired) electrons. The van der Waals surface area contributed by atoms with Crippen LogP contribution in [0.5, 0.6) is 0 Å². The molecule has 1 saturated heterocycles. The first kappa shape index (κ1) is 14.8. The molecule has 112 valence electrons. The third-order valence-corrected chi connectivity index (χ3v) is 4.48. The van der Waals surface area contributed by atoms with Crippen LogP contribution in [0, 0.1) is 0 Å². The highest BCUT2D eigenvalue weighted by Crippen LogP contribution is 2.21. The van der Waals surface area contributed by atoms with Gasteiger partial charge in [0, 0.05) is 50.2 Å². The zero-order chi connectivity index (χ0) is 14.5. The highest BCUT2D eigenvalue weighted by atomic mass is 35.5. The smallest absolute Gasteiger partial charge is 0.138 e. The maximum absolute atomic E-state index is 6.13. The third-order valence-electron chi connectivity index (χ3n) is 3.50. The summed E-state index contributed by atoms with van der Waals surface area (Å²) >= 11 is 7.36. The van der Waals surface area contributed by atoms with Crippen molar-refractivity contribution in [2.45, 2.75) is 32.0 Å². The van der Waals surface area contributed by atoms with Crippen LogP contribution in [-0.4, -0.2) is 38.7 Å². The normalized spacial score (nSPS) is 18.5. The second kappa shape index (κ2) is 7.26. The summed E-state index contributed by atoms with van der Waals surface area (Å²) in [5.41, 5.74) is 2.01. The summed E-state index contributed by atoms with van der Waals surface area (Å²) in [5.74, 6) is 0. The van der Waals surface area contributed by atoms with Gasteiger partial charge in [-0.05, 0) is 24.5 Å². The van der Waals surface area contributed by atoms with E-state index in [2.05, 4.69) is 25.5 Å². The monoisotopic (exact) mass is 324 g/mol. The Bertz CT molecular complexity index is 559. The van der Waals surface area contributed by atoms with Crippen LogP contribution >= 0.6 is 23.1 Å². The molecule has 0 amide bonds. The third kappa shape index (κ3) is 4.20. The lowest BCUT2D eigenvalue weighted by atomic mass is 10.2. The van der Waals surface area contributed by atoms with E-state index in [0.29, 0.717) is 17.0 Å². The lowest BCUT2D eigenvalue weighted by Gasteiger charge is -2.24. The summed E-state index contributed by atoms with van der Waals surface area (Å²) in [6.07, 6.45) is 6.24. The zero-order valence-corrected chi connectivity index (χ0v) is 13.2. The lowest BCUT2D eigenvalue weighted by Crippen LogP contribution is -2.31. The van der Waals surface area contributed by atoms with Gasteiger partial charge in [-0.2, -0.15) is 0 Å². The van der Waals surface area contributed by atoms with E-state index in [1.165, 1.54) is 17.1 Å². The number of halogens is 1. The molecule has 1 aliphatic rings. The van der Waals surface area contributed by atoms with Crippen molar-refractivity contribution in [3.63, 3.8) is 0 Å². The van der Waals surface area contributed by atoms with E-state index in [1.54, 1.807) is 6.20 Å². The number of ether oxygens (including phenoxy) is 1. The van der Waals surface area contributed by atoms with Gasteiger partial charge in [0.25, 0.3) is 0 Å². The number of hydrogen-bond acceptors (Lipinski definition) is 6. The minimum absolute atomic E-state index is 0.298. The van der Waals surface area contributed by atoms with Crippen LogP contribution in [0.3, 0.4) is 0 Å². The highest BCUT2D eigenvalue weighted by molar-refractivity contribution is 7.10. The fourth-order valence-corrected chi connectivity index (χ4v) is 3.13. The van der Waals surface area contributed by atoms with Gasteiger partial charge in [-0.1, -0.05) is 22.2 Å². The van der Waals surface area contributed by atoms with Crippen LogP contribution in [0.1, 0.15) is 24.1 Å². The second-order valence-corrected chi connectivity index (χ2v) is 6.52. The molecule has 3 rings (SSSR count). The lowest BCUT2D eigenvalue weighted by molar-refractivity contribution is 0.0674. The number of pyridine rings is 1. The average Bonchev–Trinajstić information content (AvgIpc) is 3.13. The molecule has 2 aromatic heterocycles. The second-order valence-electron chi connectivity index (χ2n) is 5.16. The molecule has 5 nitrogen and oxygen atoms in total. The SMILES string of the molecule is Clc1snnc1CN(Cc1cccnc1)C[C@@H]1CCCO1. The largest absolute Gasteiger partial charge is 0.377 e. The average molecular weight is 325 g/mol. The van der Waals surface area contributed by atoms with Crippen LogP contribution in [0.15, 0.2) is 24.5 Å². The van der Waals surface area contributed by atoms with Gasteiger partial charge in [0.1, 0.15) is 10.0 Å². The van der Waals surface area contributed by atoms with Crippen LogP contribution in [0.25, 0.3) is 0 Å². The molecule has 1 aliphatic heterocycles. The van der Waals surface area contributed by atoms with Crippen molar-refractivity contribution in [1.82, 2.24) is 19.5 Å². The fourth-order valence-electron chi connectivity index (χ4n) is 2.51. The summed E-state index contributed by atoms with van der Waals surface area (Å²) in [6, 6.07) is 4.04. The van der Waals surface area contributed by atoms with Gasteiger partial charge < -0.3 is 4.74 Å². The molecule has 0 unspecified atom stereocenters. The van der Waals surface area contributed by atoms with Crippen molar-refractivity contribution in [3.8, 4) is 0 Å². The summed E-state index contributed by atoms with van der Waals surface area (Å²) < 4.78 is 10.3. The quantitative estimate of drug-likeness (QED) is 0.817. The molecule has 0 aliphatic carbocycles. The van der Waals surface area contributed by atoms with Gasteiger partial charge in [0.15, 0.2) is 0 Å². The Labute approximate surface area is 133 Å². The predicted octanol–water partition coefficient (Wildman–Crippen LogP) is 2.77. The van der Waals surface area contributed by atoms with Gasteiger partial charge in [-0.15, -0.1) is 5.10 Å². The molecule has 7 heteroatoms. The van der Waals surface area contributed by atoms with Crippen LogP contribution in [0.4, 0.5) is 0 Å². The zero-order valence-electron chi connectivity index (χ0n) is 11.6. The highest BCUT2D eigenvalue weighted by Gasteiger charge is 2.21. The minimum atomic E-state index is 0.298. The maximum atomic E-state index is 6.13. The maximum Gasteiger partial charge on any atom is 0.138 e. The topological polar surface area (TPSA) is 51.1 Å². The molecule has 3 heterocycles. The molecule has 0 aromatic carbocycles. The predicted molar refractivity (Wildman–Crippen MR) is 82.2 cm³/mol. The first-order valence-electron chi connectivity index (χ1n) is 7.01. The van der Waals surface area contributed by atoms with Gasteiger partial charge in [-0.25, -0.2) is 0 Å². The number of hydrogen-bond donors (Lipinski definition) is 0. The van der Waals surface area contributed by atoms with E-state index in [9.17, 15) is 0 Å². The van der Waals surface area contributed by atoms with E-state index >= 15 is 0 Å². The summed E-state index contributed by atoms with van der Waals surface area (Å²) in [4.78, 5) is 6.48. The molecule has 0 bridgehead atoms. The number of rotatable bonds is 6. The Kier molecular flexibility index (Phi) is 5.13. The molecule has 1 atom stereocenters. The molecular formula is C14H17ClN4OS. The van der Waals surface area contributed by atoms with E-state index in [0.717, 1.165) is 38.2 Å². The molecule has 0 spiro atoms. The summed E-state index contributed by atoms with van der Waals surface area (Å²) in [5, 5.41) is 4.11. The molecular weight excluding hydrogens is 308 g/mol. The molecule has 2 aromatic rings. The van der Waals surface area contributed by atoms with Crippen molar-refractivity contribution in [2.75, 3.05) is 13.2 Å². The Hall–Kier alpha value is -1.08. The van der Waals surface area contributed by atoms with E-state index in [4.69, 9.17) is 16.3 Å². The van der Waals surface area contributed by atoms with E-state index < -0.39 is 0 Å². The first-order chi connectivity index (χ1) is 10.3. The van der Waals surface area contributed by atoms with Crippen molar-refractivity contribution >= 4 is 23.1 Å². The first-order valence-corrected chi connectivity index (χ1v) is 8.16. The molecule has 0 saturated carbocycles. The standard InChI is InChI=1S/C14H17ClN4OS/c15-14-13(17-18-21-14)10-19(9-12-4-2-6-20-12)8-11-3-1-5-16-7-11/h1,3,5,7,12H,2,4,6,8-10H2/t12-/m0/s1. The molecule has 1 fully saturated rings. The van der Waals surface area contributed by atoms with Gasteiger partial charge >= 0.3 is 0 Å². The van der Waals surface area contributed by atoms with Crippen LogP contribution < -0.4 is 0 Å². The van der Waals surface area contributed by atoms with E-state index in [-0.39, 0.29) is 0 Å². The van der Waals surface area contributed by atoms with Crippen molar-refractivity contribution < 1.29 is 4.74 Å². The number of aromatic nitrogens is 3. The Morgan fingerprint density at radius 1 is 1.43 bits per heavy atom. The summed E-state index contributed by atoms with van der Waals surface area (Å²) in [6.45, 7) is 3.23. The Morgan fingerprint density at radius 2 is 2.38 bits per heavy atom. The fraction of sp³-hybridized carbons (Fsp3) is 0.500. The molecule has 0 N–H and O–H groups in total. The van der Waals surface area contributed by atoms with Crippen molar-refractivity contribution in [3.05, 3.63) is 40.1 Å². The molecule has 21 heavy (non-hydrogen) atoms. The van der Waals surface area contributed by atoms with E-state index in [1.807, 2.05) is 12.3 Å². The van der Waals surface area contributed by atoms with Crippen molar-refractivity contribution in [2.24, 2.45) is 0 Å². The number of nitrogens with zero attached hydrogens (tertiary/aromatic N) is 4. The van der Waals surface area contributed by atoms with Crippen molar-refractivity contribution in [1.29, 1.82) is 0 Å². The Balaban J connectivity index is 1.69. The summed E-state index contributed by atoms with van der Waals surface area (Å²) in [7, 11) is 0. The Morgan fingerprint density at radius 3 is 3.05 bits per heavy atom.